The van der Waals surface area contributed by atoms with Crippen LogP contribution in [0.1, 0.15) is 26.7 Å². The van der Waals surface area contributed by atoms with E-state index in [1.807, 2.05) is 13.8 Å². The van der Waals surface area contributed by atoms with Gasteiger partial charge >= 0.3 is 4.83 Å². The van der Waals surface area contributed by atoms with E-state index >= 15 is 0 Å². The molecular weight excluding hydrogens is 256 g/mol. The molecule has 1 aliphatic rings. The number of piperidine rings is 1. The summed E-state index contributed by atoms with van der Waals surface area (Å²) in [6.45, 7) is 5.10. The number of likely N-dealkylation sites (tertiary alicyclic amines) is 1. The maximum absolute atomic E-state index is 13.0. The van der Waals surface area contributed by atoms with Crippen molar-refractivity contribution in [2.24, 2.45) is 0 Å². The first-order valence-corrected chi connectivity index (χ1v) is 5.59. The van der Waals surface area contributed by atoms with Crippen LogP contribution in [-0.4, -0.2) is 39.6 Å². The van der Waals surface area contributed by atoms with Crippen LogP contribution in [0.15, 0.2) is 0 Å². The Morgan fingerprint density at radius 2 is 1.79 bits per heavy atom. The molecule has 0 aliphatic carbocycles. The lowest BCUT2D eigenvalue weighted by Crippen LogP contribution is -2.53. The molecule has 0 aromatic heterocycles. The highest BCUT2D eigenvalue weighted by Crippen LogP contribution is 2.41. The van der Waals surface area contributed by atoms with Gasteiger partial charge in [0.2, 0.25) is 0 Å². The van der Waals surface area contributed by atoms with E-state index < -0.39 is 10.4 Å². The normalized spacial score (nSPS) is 24.2. The molecule has 0 atom stereocenters. The average molecular weight is 272 g/mol. The van der Waals surface area contributed by atoms with Crippen LogP contribution < -0.4 is 0 Å². The minimum Gasteiger partial charge on any atom is -0.383 e. The molecule has 0 bridgehead atoms. The summed E-state index contributed by atoms with van der Waals surface area (Å²) >= 11 is 2.25. The van der Waals surface area contributed by atoms with Crippen molar-refractivity contribution >= 4 is 15.9 Å². The first-order chi connectivity index (χ1) is 6.26. The lowest BCUT2D eigenvalue weighted by atomic mass is 9.91. The molecule has 5 heteroatoms. The van der Waals surface area contributed by atoms with Gasteiger partial charge < -0.3 is 10.0 Å². The molecule has 1 aliphatic heterocycles. The molecule has 0 radical (unpaired) electrons. The maximum Gasteiger partial charge on any atom is 0.329 e. The third-order valence-electron chi connectivity index (χ3n) is 2.88. The summed E-state index contributed by atoms with van der Waals surface area (Å²) in [6, 6.07) is 0.350. The Kier molecular flexibility index (Phi) is 3.54. The quantitative estimate of drug-likeness (QED) is 0.779. The number of rotatable bonds is 2. The SMILES string of the molecule is CC(C)N1CCC(O)(C(F)(F)Br)CC1. The largest absolute Gasteiger partial charge is 0.383 e. The number of aliphatic hydroxyl groups is 1. The number of halogens is 3. The summed E-state index contributed by atoms with van der Waals surface area (Å²) in [4.78, 5) is -1.09. The average Bonchev–Trinajstić information content (AvgIpc) is 2.03. The molecule has 2 nitrogen and oxygen atoms in total. The second-order valence-corrected chi connectivity index (χ2v) is 5.16. The van der Waals surface area contributed by atoms with Gasteiger partial charge in [0.05, 0.1) is 0 Å². The summed E-state index contributed by atoms with van der Waals surface area (Å²) in [5.41, 5.74) is -1.88. The number of alkyl halides is 3. The summed E-state index contributed by atoms with van der Waals surface area (Å²) in [6.07, 6.45) is 0.229. The second kappa shape index (κ2) is 4.02. The molecule has 14 heavy (non-hydrogen) atoms. The van der Waals surface area contributed by atoms with Gasteiger partial charge in [-0.1, -0.05) is 0 Å². The van der Waals surface area contributed by atoms with Crippen molar-refractivity contribution in [1.82, 2.24) is 4.90 Å². The Bertz CT molecular complexity index is 197. The Morgan fingerprint density at radius 3 is 2.07 bits per heavy atom. The van der Waals surface area contributed by atoms with Crippen molar-refractivity contribution in [3.05, 3.63) is 0 Å². The molecule has 0 saturated carbocycles. The van der Waals surface area contributed by atoms with Crippen LogP contribution in [0.25, 0.3) is 0 Å². The first kappa shape index (κ1) is 12.3. The van der Waals surface area contributed by atoms with E-state index in [2.05, 4.69) is 20.8 Å². The molecule has 1 fully saturated rings. The van der Waals surface area contributed by atoms with Crippen LogP contribution in [-0.2, 0) is 0 Å². The van der Waals surface area contributed by atoms with Gasteiger partial charge in [0, 0.05) is 19.1 Å². The van der Waals surface area contributed by atoms with Gasteiger partial charge in [-0.15, -0.1) is 0 Å². The molecular formula is C9H16BrF2NO. The second-order valence-electron chi connectivity index (χ2n) is 4.16. The zero-order chi connectivity index (χ0) is 11.0. The van der Waals surface area contributed by atoms with Crippen LogP contribution in [0.3, 0.4) is 0 Å². The Hall–Kier alpha value is 0.260. The molecule has 0 spiro atoms. The Labute approximate surface area is 91.4 Å². The summed E-state index contributed by atoms with van der Waals surface area (Å²) in [5, 5.41) is 9.68. The highest BCUT2D eigenvalue weighted by atomic mass is 79.9. The molecule has 1 saturated heterocycles. The molecule has 84 valence electrons. The van der Waals surface area contributed by atoms with E-state index in [0.29, 0.717) is 19.1 Å². The third-order valence-corrected chi connectivity index (χ3v) is 3.62. The van der Waals surface area contributed by atoms with E-state index in [9.17, 15) is 13.9 Å². The van der Waals surface area contributed by atoms with Crippen molar-refractivity contribution in [2.45, 2.75) is 43.2 Å². The lowest BCUT2D eigenvalue weighted by molar-refractivity contribution is -0.145. The fraction of sp³-hybridized carbons (Fsp3) is 1.00. The standard InChI is InChI=1S/C9H16BrF2NO/c1-7(2)13-5-3-8(14,4-6-13)9(10,11)12/h7,14H,3-6H2,1-2H3. The van der Waals surface area contributed by atoms with Crippen molar-refractivity contribution < 1.29 is 13.9 Å². The van der Waals surface area contributed by atoms with Gasteiger partial charge in [0.1, 0.15) is 5.60 Å². The minimum atomic E-state index is -3.18. The smallest absolute Gasteiger partial charge is 0.329 e. The summed E-state index contributed by atoms with van der Waals surface area (Å²) in [7, 11) is 0. The molecule has 1 N–H and O–H groups in total. The van der Waals surface area contributed by atoms with E-state index in [4.69, 9.17) is 0 Å². The molecule has 0 aromatic rings. The summed E-state index contributed by atoms with van der Waals surface area (Å²) < 4.78 is 25.9. The van der Waals surface area contributed by atoms with Crippen LogP contribution in [0.5, 0.6) is 0 Å². The van der Waals surface area contributed by atoms with Gasteiger partial charge in [0.25, 0.3) is 0 Å². The van der Waals surface area contributed by atoms with Gasteiger partial charge in [-0.2, -0.15) is 8.78 Å². The number of nitrogens with zero attached hydrogens (tertiary/aromatic N) is 1. The van der Waals surface area contributed by atoms with Crippen LogP contribution in [0.4, 0.5) is 8.78 Å². The minimum absolute atomic E-state index is 0.115. The van der Waals surface area contributed by atoms with E-state index in [0.717, 1.165) is 0 Å². The van der Waals surface area contributed by atoms with Gasteiger partial charge in [-0.05, 0) is 42.6 Å². The number of hydrogen-bond acceptors (Lipinski definition) is 2. The van der Waals surface area contributed by atoms with E-state index in [1.54, 1.807) is 0 Å². The van der Waals surface area contributed by atoms with Crippen LogP contribution in [0, 0.1) is 0 Å². The molecule has 0 amide bonds. The molecule has 1 rings (SSSR count). The molecule has 0 aromatic carbocycles. The van der Waals surface area contributed by atoms with Crippen molar-refractivity contribution in [3.8, 4) is 0 Å². The first-order valence-electron chi connectivity index (χ1n) is 4.79. The topological polar surface area (TPSA) is 23.5 Å². The molecule has 0 unspecified atom stereocenters. The zero-order valence-electron chi connectivity index (χ0n) is 8.43. The summed E-state index contributed by atoms with van der Waals surface area (Å²) in [5.74, 6) is 0. The van der Waals surface area contributed by atoms with Crippen molar-refractivity contribution in [2.75, 3.05) is 13.1 Å². The lowest BCUT2D eigenvalue weighted by Gasteiger charge is -2.41. The van der Waals surface area contributed by atoms with Gasteiger partial charge in [-0.3, -0.25) is 0 Å². The van der Waals surface area contributed by atoms with Crippen LogP contribution in [0.2, 0.25) is 0 Å². The predicted octanol–water partition coefficient (Wildman–Crippen LogP) is 2.21. The third kappa shape index (κ3) is 2.44. The molecule has 1 heterocycles. The Morgan fingerprint density at radius 1 is 1.36 bits per heavy atom. The highest BCUT2D eigenvalue weighted by molar-refractivity contribution is 9.10. The van der Waals surface area contributed by atoms with Gasteiger partial charge in [0.15, 0.2) is 0 Å². The fourth-order valence-corrected chi connectivity index (χ4v) is 2.09. The monoisotopic (exact) mass is 271 g/mol. The van der Waals surface area contributed by atoms with E-state index in [-0.39, 0.29) is 12.8 Å². The predicted molar refractivity (Wildman–Crippen MR) is 54.8 cm³/mol. The highest BCUT2D eigenvalue weighted by Gasteiger charge is 2.51. The zero-order valence-corrected chi connectivity index (χ0v) is 10.0. The maximum atomic E-state index is 13.0. The van der Waals surface area contributed by atoms with Crippen molar-refractivity contribution in [1.29, 1.82) is 0 Å². The Balaban J connectivity index is 2.58. The van der Waals surface area contributed by atoms with Gasteiger partial charge in [-0.25, -0.2) is 0 Å². The van der Waals surface area contributed by atoms with Crippen LogP contribution >= 0.6 is 15.9 Å². The number of hydrogen-bond donors (Lipinski definition) is 1. The van der Waals surface area contributed by atoms with Crippen molar-refractivity contribution in [3.63, 3.8) is 0 Å². The van der Waals surface area contributed by atoms with E-state index in [1.165, 1.54) is 0 Å². The fourth-order valence-electron chi connectivity index (χ4n) is 1.69.